The van der Waals surface area contributed by atoms with Crippen molar-refractivity contribution in [3.05, 3.63) is 29.3 Å². The fraction of sp³-hybridized carbons (Fsp3) is 0.462. The third-order valence-corrected chi connectivity index (χ3v) is 6.59. The van der Waals surface area contributed by atoms with Crippen LogP contribution in [0.1, 0.15) is 11.1 Å². The van der Waals surface area contributed by atoms with Crippen molar-refractivity contribution in [3.63, 3.8) is 0 Å². The van der Waals surface area contributed by atoms with E-state index >= 15 is 0 Å². The van der Waals surface area contributed by atoms with Gasteiger partial charge in [0.1, 0.15) is 0 Å². The van der Waals surface area contributed by atoms with Gasteiger partial charge in [0.25, 0.3) is 0 Å². The average molecular weight is 296 g/mol. The summed E-state index contributed by atoms with van der Waals surface area (Å²) in [5.74, 6) is 0.451. The third-order valence-electron chi connectivity index (χ3n) is 3.45. The van der Waals surface area contributed by atoms with Gasteiger partial charge in [0.15, 0.2) is 15.0 Å². The largest absolute Gasteiger partial charge is 0.335 e. The number of hydrogen-bond donors (Lipinski definition) is 1. The first-order valence-corrected chi connectivity index (χ1v) is 8.92. The normalized spacial score (nSPS) is 28.0. The molecule has 0 bridgehead atoms. The number of thioether (sulfide) groups is 1. The van der Waals surface area contributed by atoms with Crippen LogP contribution >= 0.6 is 11.8 Å². The van der Waals surface area contributed by atoms with Crippen molar-refractivity contribution in [2.75, 3.05) is 16.8 Å². The highest BCUT2D eigenvalue weighted by Gasteiger charge is 2.42. The molecule has 0 radical (unpaired) electrons. The van der Waals surface area contributed by atoms with Crippen molar-refractivity contribution in [2.45, 2.75) is 25.1 Å². The lowest BCUT2D eigenvalue weighted by Gasteiger charge is -2.10. The van der Waals surface area contributed by atoms with Crippen molar-refractivity contribution in [3.8, 4) is 0 Å². The number of amidine groups is 1. The Balaban J connectivity index is 1.78. The van der Waals surface area contributed by atoms with Crippen LogP contribution in [0, 0.1) is 13.8 Å². The van der Waals surface area contributed by atoms with Gasteiger partial charge in [-0.15, -0.1) is 0 Å². The van der Waals surface area contributed by atoms with Gasteiger partial charge in [-0.3, -0.25) is 4.99 Å². The van der Waals surface area contributed by atoms with Crippen molar-refractivity contribution in [1.82, 2.24) is 0 Å². The zero-order chi connectivity index (χ0) is 13.6. The Labute approximate surface area is 117 Å². The monoisotopic (exact) mass is 296 g/mol. The molecule has 0 spiro atoms. The highest BCUT2D eigenvalue weighted by molar-refractivity contribution is 8.15. The van der Waals surface area contributed by atoms with Crippen LogP contribution in [0.2, 0.25) is 0 Å². The first kappa shape index (κ1) is 13.0. The molecule has 1 fully saturated rings. The molecule has 0 saturated carbocycles. The number of nitrogens with one attached hydrogen (secondary N) is 1. The number of aliphatic imine (C=N–C) groups is 1. The minimum Gasteiger partial charge on any atom is -0.335 e. The summed E-state index contributed by atoms with van der Waals surface area (Å²) in [6.45, 7) is 4.10. The first-order valence-electron chi connectivity index (χ1n) is 6.22. The van der Waals surface area contributed by atoms with Crippen molar-refractivity contribution >= 4 is 32.5 Å². The molecule has 6 heteroatoms. The summed E-state index contributed by atoms with van der Waals surface area (Å²) in [4.78, 5) is 4.50. The molecule has 0 aliphatic carbocycles. The second-order valence-corrected chi connectivity index (χ2v) is 8.56. The maximum absolute atomic E-state index is 11.5. The lowest BCUT2D eigenvalue weighted by atomic mass is 10.1. The smallest absolute Gasteiger partial charge is 0.161 e. The molecular formula is C13H16N2O2S2. The summed E-state index contributed by atoms with van der Waals surface area (Å²) in [6, 6.07) is 6.17. The lowest BCUT2D eigenvalue weighted by Crippen LogP contribution is -2.13. The van der Waals surface area contributed by atoms with E-state index in [2.05, 4.69) is 35.4 Å². The number of benzene rings is 1. The van der Waals surface area contributed by atoms with Crippen LogP contribution < -0.4 is 5.32 Å². The van der Waals surface area contributed by atoms with E-state index in [0.717, 1.165) is 10.9 Å². The molecule has 2 aliphatic heterocycles. The van der Waals surface area contributed by atoms with E-state index in [1.165, 1.54) is 11.1 Å². The molecule has 1 N–H and O–H groups in total. The van der Waals surface area contributed by atoms with E-state index in [9.17, 15) is 8.42 Å². The predicted molar refractivity (Wildman–Crippen MR) is 80.8 cm³/mol. The Bertz CT molecular complexity index is 653. The first-order chi connectivity index (χ1) is 8.93. The molecule has 4 nitrogen and oxygen atoms in total. The van der Waals surface area contributed by atoms with Crippen molar-refractivity contribution in [2.24, 2.45) is 4.99 Å². The van der Waals surface area contributed by atoms with Gasteiger partial charge in [0, 0.05) is 10.9 Å². The Hall–Kier alpha value is -1.01. The van der Waals surface area contributed by atoms with E-state index in [1.54, 1.807) is 11.8 Å². The number of nitrogens with zero attached hydrogens (tertiary/aromatic N) is 1. The van der Waals surface area contributed by atoms with Gasteiger partial charge in [-0.2, -0.15) is 0 Å². The topological polar surface area (TPSA) is 58.5 Å². The summed E-state index contributed by atoms with van der Waals surface area (Å²) >= 11 is 1.55. The summed E-state index contributed by atoms with van der Waals surface area (Å²) in [5.41, 5.74) is 3.41. The number of hydrogen-bond acceptors (Lipinski definition) is 5. The minimum absolute atomic E-state index is 0.0670. The van der Waals surface area contributed by atoms with Gasteiger partial charge in [-0.25, -0.2) is 8.42 Å². The molecule has 3 rings (SSSR count). The standard InChI is InChI=1S/C13H16N2O2S2/c1-8-3-4-9(2)10(5-8)14-13-15-11-6-19(16,17)7-12(11)18-13/h3-5,11-12H,6-7H2,1-2H3,(H,14,15)/t11-,12-/m0/s1. The van der Waals surface area contributed by atoms with Crippen molar-refractivity contribution in [1.29, 1.82) is 0 Å². The summed E-state index contributed by atoms with van der Waals surface area (Å²) in [7, 11) is -2.87. The summed E-state index contributed by atoms with van der Waals surface area (Å²) < 4.78 is 23.0. The van der Waals surface area contributed by atoms with Gasteiger partial charge in [-0.05, 0) is 31.0 Å². The van der Waals surface area contributed by atoms with E-state index in [0.29, 0.717) is 0 Å². The van der Waals surface area contributed by atoms with Crippen LogP contribution in [0.25, 0.3) is 0 Å². The van der Waals surface area contributed by atoms with E-state index < -0.39 is 9.84 Å². The Morgan fingerprint density at radius 1 is 1.32 bits per heavy atom. The molecule has 2 aliphatic rings. The second kappa shape index (κ2) is 4.52. The Morgan fingerprint density at radius 2 is 2.11 bits per heavy atom. The SMILES string of the molecule is Cc1ccc(C)c(NC2=N[C@H]3CS(=O)(=O)C[C@@H]3S2)c1. The number of rotatable bonds is 1. The van der Waals surface area contributed by atoms with Gasteiger partial charge < -0.3 is 5.32 Å². The quantitative estimate of drug-likeness (QED) is 0.861. The number of aryl methyl sites for hydroxylation is 2. The third kappa shape index (κ3) is 2.65. The summed E-state index contributed by atoms with van der Waals surface area (Å²) in [5, 5.41) is 4.26. The van der Waals surface area contributed by atoms with Crippen LogP contribution in [0.4, 0.5) is 5.69 Å². The predicted octanol–water partition coefficient (Wildman–Crippen LogP) is 1.98. The Kier molecular flexibility index (Phi) is 3.09. The van der Waals surface area contributed by atoms with Crippen LogP contribution in [-0.2, 0) is 9.84 Å². The number of anilines is 1. The molecule has 19 heavy (non-hydrogen) atoms. The van der Waals surface area contributed by atoms with Gasteiger partial charge in [-0.1, -0.05) is 23.9 Å². The van der Waals surface area contributed by atoms with Crippen LogP contribution in [0.3, 0.4) is 0 Å². The van der Waals surface area contributed by atoms with Gasteiger partial charge >= 0.3 is 0 Å². The number of sulfone groups is 1. The summed E-state index contributed by atoms with van der Waals surface area (Å²) in [6.07, 6.45) is 0. The molecule has 0 amide bonds. The molecule has 2 atom stereocenters. The zero-order valence-corrected chi connectivity index (χ0v) is 12.5. The Morgan fingerprint density at radius 3 is 2.84 bits per heavy atom. The molecule has 0 unspecified atom stereocenters. The fourth-order valence-corrected chi connectivity index (χ4v) is 6.07. The van der Waals surface area contributed by atoms with Crippen LogP contribution in [-0.4, -0.2) is 36.4 Å². The maximum Gasteiger partial charge on any atom is 0.161 e. The molecular weight excluding hydrogens is 280 g/mol. The molecule has 1 aromatic carbocycles. The van der Waals surface area contributed by atoms with Crippen LogP contribution in [0.5, 0.6) is 0 Å². The fourth-order valence-electron chi connectivity index (χ4n) is 2.40. The molecule has 102 valence electrons. The van der Waals surface area contributed by atoms with E-state index in [-0.39, 0.29) is 22.8 Å². The molecule has 0 aromatic heterocycles. The second-order valence-electron chi connectivity index (χ2n) is 5.18. The highest BCUT2D eigenvalue weighted by atomic mass is 32.2. The van der Waals surface area contributed by atoms with E-state index in [4.69, 9.17) is 0 Å². The van der Waals surface area contributed by atoms with Crippen LogP contribution in [0.15, 0.2) is 23.2 Å². The zero-order valence-electron chi connectivity index (χ0n) is 10.9. The molecule has 1 saturated heterocycles. The van der Waals surface area contributed by atoms with Gasteiger partial charge in [0.2, 0.25) is 0 Å². The van der Waals surface area contributed by atoms with Crippen molar-refractivity contribution < 1.29 is 8.42 Å². The molecule has 2 heterocycles. The minimum atomic E-state index is -2.87. The van der Waals surface area contributed by atoms with Gasteiger partial charge in [0.05, 0.1) is 17.5 Å². The lowest BCUT2D eigenvalue weighted by molar-refractivity contribution is 0.601. The van der Waals surface area contributed by atoms with E-state index in [1.807, 2.05) is 6.92 Å². The maximum atomic E-state index is 11.5. The number of fused-ring (bicyclic) bond motifs is 1. The average Bonchev–Trinajstić information content (AvgIpc) is 2.76. The molecule has 1 aromatic rings. The highest BCUT2D eigenvalue weighted by Crippen LogP contribution is 2.34.